The summed E-state index contributed by atoms with van der Waals surface area (Å²) in [5, 5.41) is 7.22. The van der Waals surface area contributed by atoms with E-state index in [1.807, 2.05) is 32.2 Å². The van der Waals surface area contributed by atoms with E-state index < -0.39 is 0 Å². The van der Waals surface area contributed by atoms with Crippen LogP contribution < -0.4 is 10.1 Å². The summed E-state index contributed by atoms with van der Waals surface area (Å²) < 4.78 is 6.89. The van der Waals surface area contributed by atoms with Crippen LogP contribution in [0.1, 0.15) is 35.4 Å². The van der Waals surface area contributed by atoms with Gasteiger partial charge >= 0.3 is 0 Å². The average Bonchev–Trinajstić information content (AvgIpc) is 3.12. The van der Waals surface area contributed by atoms with Crippen molar-refractivity contribution in [3.05, 3.63) is 60.0 Å². The molecular formula is C19H21N5O2. The predicted molar refractivity (Wildman–Crippen MR) is 97.7 cm³/mol. The smallest absolute Gasteiger partial charge is 0.251 e. The number of rotatable bonds is 6. The lowest BCUT2D eigenvalue weighted by atomic mass is 10.1. The van der Waals surface area contributed by atoms with Crippen molar-refractivity contribution < 1.29 is 9.53 Å². The highest BCUT2D eigenvalue weighted by Gasteiger charge is 2.17. The van der Waals surface area contributed by atoms with Crippen molar-refractivity contribution in [1.82, 2.24) is 25.1 Å². The van der Waals surface area contributed by atoms with Crippen LogP contribution in [0.15, 0.2) is 48.8 Å². The quantitative estimate of drug-likeness (QED) is 0.738. The molecule has 1 atom stereocenters. The van der Waals surface area contributed by atoms with Crippen molar-refractivity contribution in [3.63, 3.8) is 0 Å². The number of amides is 1. The minimum absolute atomic E-state index is 0.0867. The Bertz CT molecular complexity index is 889. The fourth-order valence-electron chi connectivity index (χ4n) is 2.72. The van der Waals surface area contributed by atoms with Gasteiger partial charge in [0.2, 0.25) is 5.88 Å². The van der Waals surface area contributed by atoms with E-state index in [0.29, 0.717) is 17.3 Å². The van der Waals surface area contributed by atoms with Crippen molar-refractivity contribution in [2.75, 3.05) is 7.11 Å². The number of ether oxygens (including phenoxy) is 1. The summed E-state index contributed by atoms with van der Waals surface area (Å²) in [6.45, 7) is 2.03. The second-order valence-electron chi connectivity index (χ2n) is 5.81. The number of methoxy groups -OCH3 is 1. The maximum Gasteiger partial charge on any atom is 0.251 e. The van der Waals surface area contributed by atoms with E-state index in [0.717, 1.165) is 17.7 Å². The molecule has 0 unspecified atom stereocenters. The van der Waals surface area contributed by atoms with Crippen molar-refractivity contribution in [2.45, 2.75) is 19.4 Å². The van der Waals surface area contributed by atoms with Crippen LogP contribution in [0.5, 0.6) is 5.88 Å². The summed E-state index contributed by atoms with van der Waals surface area (Å²) in [5.41, 5.74) is 2.37. The first kappa shape index (κ1) is 17.6. The molecule has 0 saturated carbocycles. The summed E-state index contributed by atoms with van der Waals surface area (Å²) in [5.74, 6) is 0.924. The van der Waals surface area contributed by atoms with Gasteiger partial charge in [-0.25, -0.2) is 4.98 Å². The number of hydrogen-bond acceptors (Lipinski definition) is 5. The lowest BCUT2D eigenvalue weighted by Gasteiger charge is -2.17. The van der Waals surface area contributed by atoms with Gasteiger partial charge in [0.25, 0.3) is 5.91 Å². The standard InChI is InChI=1S/C19H21N5O2/c1-4-15(16-9-12-21-24(16)2)22-19(25)14-7-5-13(6-8-14)18-20-11-10-17(23-18)26-3/h5-12,15H,4H2,1-3H3,(H,22,25)/t15-/m0/s1. The van der Waals surface area contributed by atoms with Crippen LogP contribution in [0, 0.1) is 0 Å². The van der Waals surface area contributed by atoms with E-state index in [1.54, 1.807) is 42.4 Å². The topological polar surface area (TPSA) is 81.9 Å². The van der Waals surface area contributed by atoms with Gasteiger partial charge in [-0.3, -0.25) is 9.48 Å². The molecule has 0 aliphatic heterocycles. The van der Waals surface area contributed by atoms with E-state index in [9.17, 15) is 4.79 Å². The molecule has 0 aliphatic carbocycles. The van der Waals surface area contributed by atoms with Gasteiger partial charge in [-0.15, -0.1) is 0 Å². The summed E-state index contributed by atoms with van der Waals surface area (Å²) >= 11 is 0. The number of nitrogens with zero attached hydrogens (tertiary/aromatic N) is 4. The van der Waals surface area contributed by atoms with Gasteiger partial charge in [-0.1, -0.05) is 19.1 Å². The Morgan fingerprint density at radius 2 is 1.96 bits per heavy atom. The Morgan fingerprint density at radius 1 is 1.19 bits per heavy atom. The first-order valence-corrected chi connectivity index (χ1v) is 8.38. The third-order valence-corrected chi connectivity index (χ3v) is 4.17. The predicted octanol–water partition coefficient (Wildman–Crippen LogP) is 2.77. The number of benzene rings is 1. The van der Waals surface area contributed by atoms with Gasteiger partial charge in [0, 0.05) is 36.6 Å². The molecule has 2 heterocycles. The number of hydrogen-bond donors (Lipinski definition) is 1. The molecule has 0 radical (unpaired) electrons. The first-order chi connectivity index (χ1) is 12.6. The lowest BCUT2D eigenvalue weighted by Crippen LogP contribution is -2.29. The Labute approximate surface area is 152 Å². The van der Waals surface area contributed by atoms with Gasteiger partial charge in [-0.2, -0.15) is 10.1 Å². The van der Waals surface area contributed by atoms with Gasteiger partial charge in [0.15, 0.2) is 5.82 Å². The van der Waals surface area contributed by atoms with Gasteiger partial charge in [0.1, 0.15) is 0 Å². The average molecular weight is 351 g/mol. The summed E-state index contributed by atoms with van der Waals surface area (Å²) in [6, 6.07) is 10.7. The summed E-state index contributed by atoms with van der Waals surface area (Å²) in [4.78, 5) is 21.1. The molecule has 0 saturated heterocycles. The van der Waals surface area contributed by atoms with Crippen molar-refractivity contribution in [2.24, 2.45) is 7.05 Å². The molecule has 1 aromatic carbocycles. The molecule has 1 amide bonds. The van der Waals surface area contributed by atoms with Crippen molar-refractivity contribution >= 4 is 5.91 Å². The van der Waals surface area contributed by atoms with Gasteiger partial charge in [-0.05, 0) is 24.6 Å². The molecule has 0 aliphatic rings. The normalized spacial score (nSPS) is 11.8. The Balaban J connectivity index is 1.75. The number of aryl methyl sites for hydroxylation is 1. The van der Waals surface area contributed by atoms with Crippen LogP contribution in [-0.4, -0.2) is 32.8 Å². The summed E-state index contributed by atoms with van der Waals surface area (Å²) in [6.07, 6.45) is 4.15. The number of aromatic nitrogens is 4. The second-order valence-corrected chi connectivity index (χ2v) is 5.81. The minimum Gasteiger partial charge on any atom is -0.481 e. The third-order valence-electron chi connectivity index (χ3n) is 4.17. The Kier molecular flexibility index (Phi) is 5.26. The van der Waals surface area contributed by atoms with E-state index in [4.69, 9.17) is 4.74 Å². The second kappa shape index (κ2) is 7.77. The van der Waals surface area contributed by atoms with E-state index in [2.05, 4.69) is 20.4 Å². The maximum atomic E-state index is 12.6. The molecule has 3 rings (SSSR count). The van der Waals surface area contributed by atoms with Crippen molar-refractivity contribution in [1.29, 1.82) is 0 Å². The Morgan fingerprint density at radius 3 is 2.58 bits per heavy atom. The molecule has 7 heteroatoms. The molecule has 0 fully saturated rings. The highest BCUT2D eigenvalue weighted by Crippen LogP contribution is 2.19. The number of carbonyl (C=O) groups is 1. The third kappa shape index (κ3) is 3.72. The largest absolute Gasteiger partial charge is 0.481 e. The van der Waals surface area contributed by atoms with E-state index in [-0.39, 0.29) is 11.9 Å². The number of nitrogens with one attached hydrogen (secondary N) is 1. The zero-order valence-corrected chi connectivity index (χ0v) is 15.0. The molecule has 0 bridgehead atoms. The number of carbonyl (C=O) groups excluding carboxylic acids is 1. The monoisotopic (exact) mass is 351 g/mol. The van der Waals surface area contributed by atoms with Crippen LogP contribution in [0.4, 0.5) is 0 Å². The van der Waals surface area contributed by atoms with Crippen LogP contribution in [0.3, 0.4) is 0 Å². The molecule has 26 heavy (non-hydrogen) atoms. The van der Waals surface area contributed by atoms with E-state index in [1.165, 1.54) is 0 Å². The minimum atomic E-state index is -0.129. The van der Waals surface area contributed by atoms with E-state index >= 15 is 0 Å². The highest BCUT2D eigenvalue weighted by atomic mass is 16.5. The molecule has 1 N–H and O–H groups in total. The van der Waals surface area contributed by atoms with Crippen LogP contribution in [-0.2, 0) is 7.05 Å². The maximum absolute atomic E-state index is 12.6. The lowest BCUT2D eigenvalue weighted by molar-refractivity contribution is 0.0934. The van der Waals surface area contributed by atoms with Crippen LogP contribution >= 0.6 is 0 Å². The zero-order chi connectivity index (χ0) is 18.5. The first-order valence-electron chi connectivity index (χ1n) is 8.38. The molecule has 0 spiro atoms. The zero-order valence-electron chi connectivity index (χ0n) is 15.0. The van der Waals surface area contributed by atoms with Crippen LogP contribution in [0.2, 0.25) is 0 Å². The molecular weight excluding hydrogens is 330 g/mol. The molecule has 2 aromatic heterocycles. The van der Waals surface area contributed by atoms with Gasteiger partial charge in [0.05, 0.1) is 18.8 Å². The summed E-state index contributed by atoms with van der Waals surface area (Å²) in [7, 11) is 3.43. The molecule has 134 valence electrons. The fraction of sp³-hybridized carbons (Fsp3) is 0.263. The fourth-order valence-corrected chi connectivity index (χ4v) is 2.72. The SMILES string of the molecule is CC[C@H](NC(=O)c1ccc(-c2nccc(OC)n2)cc1)c1ccnn1C. The van der Waals surface area contributed by atoms with Crippen molar-refractivity contribution in [3.8, 4) is 17.3 Å². The highest BCUT2D eigenvalue weighted by molar-refractivity contribution is 5.94. The molecule has 3 aromatic rings. The van der Waals surface area contributed by atoms with Crippen LogP contribution in [0.25, 0.3) is 11.4 Å². The Hall–Kier alpha value is -3.22. The van der Waals surface area contributed by atoms with Gasteiger partial charge < -0.3 is 10.1 Å². The molecule has 7 nitrogen and oxygen atoms in total.